The second kappa shape index (κ2) is 5.03. The second-order valence-corrected chi connectivity index (χ2v) is 5.29. The smallest absolute Gasteiger partial charge is 0.220 e. The van der Waals surface area contributed by atoms with Gasteiger partial charge >= 0.3 is 0 Å². The molecule has 2 heterocycles. The zero-order chi connectivity index (χ0) is 9.80. The summed E-state index contributed by atoms with van der Waals surface area (Å²) in [6.07, 6.45) is 3.13. The molecule has 0 aromatic carbocycles. The van der Waals surface area contributed by atoms with Gasteiger partial charge in [-0.2, -0.15) is 11.8 Å². The first-order valence-corrected chi connectivity index (χ1v) is 6.45. The molecular weight excluding hydrogens is 198 g/mol. The molecule has 80 valence electrons. The van der Waals surface area contributed by atoms with Crippen molar-refractivity contribution >= 4 is 17.7 Å². The SMILES string of the molecule is O=C(CC1CCSCC1)NC1COC1. The second-order valence-electron chi connectivity index (χ2n) is 4.06. The number of amides is 1. The van der Waals surface area contributed by atoms with Crippen molar-refractivity contribution in [3.63, 3.8) is 0 Å². The van der Waals surface area contributed by atoms with Crippen LogP contribution in [0.15, 0.2) is 0 Å². The maximum absolute atomic E-state index is 11.5. The van der Waals surface area contributed by atoms with E-state index in [1.165, 1.54) is 24.3 Å². The van der Waals surface area contributed by atoms with Gasteiger partial charge in [-0.3, -0.25) is 4.79 Å². The van der Waals surface area contributed by atoms with Crippen LogP contribution in [0, 0.1) is 5.92 Å². The molecule has 1 amide bonds. The van der Waals surface area contributed by atoms with Crippen molar-refractivity contribution in [1.82, 2.24) is 5.32 Å². The van der Waals surface area contributed by atoms with Crippen LogP contribution in [0.5, 0.6) is 0 Å². The highest BCUT2D eigenvalue weighted by atomic mass is 32.2. The molecular formula is C10H17NO2S. The van der Waals surface area contributed by atoms with E-state index >= 15 is 0 Å². The van der Waals surface area contributed by atoms with Gasteiger partial charge in [0.25, 0.3) is 0 Å². The molecule has 4 heteroatoms. The number of hydrogen-bond acceptors (Lipinski definition) is 3. The lowest BCUT2D eigenvalue weighted by atomic mass is 9.98. The first kappa shape index (κ1) is 10.3. The Hall–Kier alpha value is -0.220. The van der Waals surface area contributed by atoms with E-state index in [9.17, 15) is 4.79 Å². The standard InChI is InChI=1S/C10H17NO2S/c12-10(11-9-6-13-7-9)5-8-1-3-14-4-2-8/h8-9H,1-7H2,(H,11,12). The summed E-state index contributed by atoms with van der Waals surface area (Å²) < 4.78 is 5.01. The molecule has 1 N–H and O–H groups in total. The topological polar surface area (TPSA) is 38.3 Å². The highest BCUT2D eigenvalue weighted by molar-refractivity contribution is 7.99. The van der Waals surface area contributed by atoms with Crippen LogP contribution < -0.4 is 5.32 Å². The average Bonchev–Trinajstić information content (AvgIpc) is 2.13. The highest BCUT2D eigenvalue weighted by Crippen LogP contribution is 2.25. The van der Waals surface area contributed by atoms with E-state index in [2.05, 4.69) is 5.32 Å². The monoisotopic (exact) mass is 215 g/mol. The van der Waals surface area contributed by atoms with Crippen molar-refractivity contribution in [2.24, 2.45) is 5.92 Å². The summed E-state index contributed by atoms with van der Waals surface area (Å²) in [5, 5.41) is 2.99. The van der Waals surface area contributed by atoms with Crippen LogP contribution in [0.25, 0.3) is 0 Å². The van der Waals surface area contributed by atoms with Gasteiger partial charge in [-0.15, -0.1) is 0 Å². The number of rotatable bonds is 3. The van der Waals surface area contributed by atoms with Gasteiger partial charge < -0.3 is 10.1 Å². The Labute approximate surface area is 89.0 Å². The van der Waals surface area contributed by atoms with Crippen LogP contribution in [0.2, 0.25) is 0 Å². The number of ether oxygens (including phenoxy) is 1. The van der Waals surface area contributed by atoms with Crippen molar-refractivity contribution < 1.29 is 9.53 Å². The Morgan fingerprint density at radius 2 is 2.07 bits per heavy atom. The molecule has 0 radical (unpaired) electrons. The minimum absolute atomic E-state index is 0.218. The van der Waals surface area contributed by atoms with Gasteiger partial charge in [0.05, 0.1) is 19.3 Å². The van der Waals surface area contributed by atoms with E-state index in [4.69, 9.17) is 4.74 Å². The molecule has 0 bridgehead atoms. The van der Waals surface area contributed by atoms with Crippen molar-refractivity contribution in [1.29, 1.82) is 0 Å². The molecule has 0 aromatic rings. The van der Waals surface area contributed by atoms with Gasteiger partial charge in [0.2, 0.25) is 5.91 Å². The van der Waals surface area contributed by atoms with E-state index < -0.39 is 0 Å². The Kier molecular flexibility index (Phi) is 3.70. The molecule has 3 nitrogen and oxygen atoms in total. The lowest BCUT2D eigenvalue weighted by Crippen LogP contribution is -2.48. The summed E-state index contributed by atoms with van der Waals surface area (Å²) in [6.45, 7) is 1.40. The molecule has 0 spiro atoms. The first-order chi connectivity index (χ1) is 6.84. The van der Waals surface area contributed by atoms with Crippen molar-refractivity contribution in [3.05, 3.63) is 0 Å². The van der Waals surface area contributed by atoms with Crippen LogP contribution in [-0.2, 0) is 9.53 Å². The van der Waals surface area contributed by atoms with Crippen LogP contribution in [0.3, 0.4) is 0 Å². The summed E-state index contributed by atoms with van der Waals surface area (Å²) in [7, 11) is 0. The zero-order valence-corrected chi connectivity index (χ0v) is 9.15. The van der Waals surface area contributed by atoms with Crippen molar-refractivity contribution in [2.45, 2.75) is 25.3 Å². The van der Waals surface area contributed by atoms with Gasteiger partial charge in [0.1, 0.15) is 0 Å². The quantitative estimate of drug-likeness (QED) is 0.764. The third kappa shape index (κ3) is 2.89. The maximum Gasteiger partial charge on any atom is 0.220 e. The van der Waals surface area contributed by atoms with Crippen LogP contribution in [-0.4, -0.2) is 36.7 Å². The largest absolute Gasteiger partial charge is 0.377 e. The predicted octanol–water partition coefficient (Wildman–Crippen LogP) is 1.03. The predicted molar refractivity (Wildman–Crippen MR) is 57.4 cm³/mol. The summed E-state index contributed by atoms with van der Waals surface area (Å²) in [4.78, 5) is 11.5. The fourth-order valence-electron chi connectivity index (χ4n) is 1.82. The third-order valence-corrected chi connectivity index (χ3v) is 3.87. The van der Waals surface area contributed by atoms with E-state index in [1.54, 1.807) is 0 Å². The molecule has 2 saturated heterocycles. The Morgan fingerprint density at radius 3 is 2.64 bits per heavy atom. The number of nitrogens with one attached hydrogen (secondary N) is 1. The van der Waals surface area contributed by atoms with Crippen molar-refractivity contribution in [2.75, 3.05) is 24.7 Å². The first-order valence-electron chi connectivity index (χ1n) is 5.29. The molecule has 0 unspecified atom stereocenters. The lowest BCUT2D eigenvalue weighted by Gasteiger charge is -2.28. The molecule has 2 aliphatic heterocycles. The molecule has 2 rings (SSSR count). The van der Waals surface area contributed by atoms with E-state index in [-0.39, 0.29) is 5.91 Å². The van der Waals surface area contributed by atoms with Gasteiger partial charge in [-0.25, -0.2) is 0 Å². The van der Waals surface area contributed by atoms with Gasteiger partial charge in [0.15, 0.2) is 0 Å². The summed E-state index contributed by atoms with van der Waals surface area (Å²) in [5.74, 6) is 3.29. The minimum Gasteiger partial charge on any atom is -0.377 e. The van der Waals surface area contributed by atoms with Gasteiger partial charge in [-0.1, -0.05) is 0 Å². The zero-order valence-electron chi connectivity index (χ0n) is 8.33. The molecule has 2 aliphatic rings. The Morgan fingerprint density at radius 1 is 1.36 bits per heavy atom. The molecule has 2 fully saturated rings. The number of hydrogen-bond donors (Lipinski definition) is 1. The molecule has 0 aromatic heterocycles. The summed E-state index contributed by atoms with van der Waals surface area (Å²) >= 11 is 2.00. The fourth-order valence-corrected chi connectivity index (χ4v) is 3.02. The van der Waals surface area contributed by atoms with Crippen LogP contribution >= 0.6 is 11.8 Å². The van der Waals surface area contributed by atoms with Gasteiger partial charge in [0, 0.05) is 6.42 Å². The van der Waals surface area contributed by atoms with E-state index in [0.29, 0.717) is 25.2 Å². The number of thioether (sulfide) groups is 1. The summed E-state index contributed by atoms with van der Waals surface area (Å²) in [5.41, 5.74) is 0. The maximum atomic E-state index is 11.5. The highest BCUT2D eigenvalue weighted by Gasteiger charge is 2.22. The van der Waals surface area contributed by atoms with Crippen LogP contribution in [0.4, 0.5) is 0 Å². The normalized spacial score (nSPS) is 24.3. The third-order valence-electron chi connectivity index (χ3n) is 2.82. The van der Waals surface area contributed by atoms with Crippen molar-refractivity contribution in [3.8, 4) is 0 Å². The van der Waals surface area contributed by atoms with Gasteiger partial charge in [-0.05, 0) is 30.3 Å². The summed E-state index contributed by atoms with van der Waals surface area (Å²) in [6, 6.07) is 0.292. The molecule has 14 heavy (non-hydrogen) atoms. The molecule has 0 aliphatic carbocycles. The number of carbonyl (C=O) groups excluding carboxylic acids is 1. The lowest BCUT2D eigenvalue weighted by molar-refractivity contribution is -0.126. The minimum atomic E-state index is 0.218. The number of carbonyl (C=O) groups is 1. The molecule has 0 saturated carbocycles. The van der Waals surface area contributed by atoms with E-state index in [0.717, 1.165) is 6.42 Å². The Bertz CT molecular complexity index is 200. The fraction of sp³-hybridized carbons (Fsp3) is 0.900. The Balaban J connectivity index is 1.64. The van der Waals surface area contributed by atoms with Crippen LogP contribution in [0.1, 0.15) is 19.3 Å². The molecule has 0 atom stereocenters. The van der Waals surface area contributed by atoms with E-state index in [1.807, 2.05) is 11.8 Å². The average molecular weight is 215 g/mol.